The van der Waals surface area contributed by atoms with E-state index in [2.05, 4.69) is 15.4 Å². The number of aryl methyl sites for hydroxylation is 1. The highest BCUT2D eigenvalue weighted by Gasteiger charge is 2.12. The number of aromatic nitrogens is 3. The van der Waals surface area contributed by atoms with Crippen molar-refractivity contribution in [3.05, 3.63) is 57.8 Å². The van der Waals surface area contributed by atoms with E-state index in [9.17, 15) is 9.59 Å². The van der Waals surface area contributed by atoms with Gasteiger partial charge in [0.25, 0.3) is 11.5 Å². The Labute approximate surface area is 147 Å². The highest BCUT2D eigenvalue weighted by Crippen LogP contribution is 2.26. The van der Waals surface area contributed by atoms with Gasteiger partial charge in [0.2, 0.25) is 0 Å². The average Bonchev–Trinajstić information content (AvgIpc) is 3.06. The van der Waals surface area contributed by atoms with Gasteiger partial charge in [-0.25, -0.2) is 9.67 Å². The molecule has 0 unspecified atom stereocenters. The number of carbonyl (C=O) groups excluding carboxylic acids is 1. The van der Waals surface area contributed by atoms with E-state index in [1.54, 1.807) is 0 Å². The predicted octanol–water partition coefficient (Wildman–Crippen LogP) is 2.55. The van der Waals surface area contributed by atoms with Crippen LogP contribution < -0.4 is 15.6 Å². The first-order valence-corrected chi connectivity index (χ1v) is 8.49. The van der Waals surface area contributed by atoms with Crippen LogP contribution >= 0.6 is 11.3 Å². The number of hydrogen-bond donors (Lipinski definition) is 1. The fourth-order valence-corrected chi connectivity index (χ4v) is 2.85. The Morgan fingerprint density at radius 3 is 2.68 bits per heavy atom. The van der Waals surface area contributed by atoms with Gasteiger partial charge < -0.3 is 4.74 Å². The van der Waals surface area contributed by atoms with Crippen LogP contribution in [0, 0.1) is 0 Å². The summed E-state index contributed by atoms with van der Waals surface area (Å²) in [5.41, 5.74) is 1.57. The molecule has 2 aromatic heterocycles. The summed E-state index contributed by atoms with van der Waals surface area (Å²) in [6.07, 6.45) is 0. The summed E-state index contributed by atoms with van der Waals surface area (Å²) in [4.78, 5) is 27.9. The van der Waals surface area contributed by atoms with Crippen LogP contribution in [-0.2, 0) is 7.05 Å². The Bertz CT molecular complexity index is 947. The molecule has 8 heteroatoms. The van der Waals surface area contributed by atoms with E-state index < -0.39 is 5.91 Å². The van der Waals surface area contributed by atoms with E-state index in [1.165, 1.54) is 30.5 Å². The number of ether oxygens (including phenoxy) is 1. The smallest absolute Gasteiger partial charge is 0.277 e. The standard InChI is InChI=1S/C17H16N4O3S/c1-3-24-12-6-4-11(5-7-12)14-10-25-17(18-14)19-16(23)13-8-9-15(22)21(2)20-13/h4-10H,3H2,1-2H3,(H,18,19,23). The van der Waals surface area contributed by atoms with Crippen LogP contribution in [0.3, 0.4) is 0 Å². The molecule has 1 amide bonds. The lowest BCUT2D eigenvalue weighted by Gasteiger charge is -2.03. The lowest BCUT2D eigenvalue weighted by atomic mass is 10.2. The maximum Gasteiger partial charge on any atom is 0.277 e. The molecule has 7 nitrogen and oxygen atoms in total. The van der Waals surface area contributed by atoms with Crippen molar-refractivity contribution >= 4 is 22.4 Å². The third-order valence-corrected chi connectivity index (χ3v) is 4.14. The molecule has 0 aliphatic carbocycles. The largest absolute Gasteiger partial charge is 0.494 e. The van der Waals surface area contributed by atoms with Crippen molar-refractivity contribution in [2.24, 2.45) is 7.05 Å². The number of anilines is 1. The molecule has 0 aliphatic heterocycles. The highest BCUT2D eigenvalue weighted by atomic mass is 32.1. The molecule has 3 aromatic rings. The van der Waals surface area contributed by atoms with Crippen LogP contribution in [0.25, 0.3) is 11.3 Å². The maximum atomic E-state index is 12.2. The third kappa shape index (κ3) is 3.92. The molecule has 0 spiro atoms. The summed E-state index contributed by atoms with van der Waals surface area (Å²) in [7, 11) is 1.49. The van der Waals surface area contributed by atoms with Crippen molar-refractivity contribution in [3.8, 4) is 17.0 Å². The summed E-state index contributed by atoms with van der Waals surface area (Å²) in [6, 6.07) is 10.3. The van der Waals surface area contributed by atoms with Gasteiger partial charge in [0.15, 0.2) is 5.13 Å². The first kappa shape index (κ1) is 16.8. The Morgan fingerprint density at radius 1 is 1.24 bits per heavy atom. The number of thiazole rings is 1. The second-order valence-electron chi connectivity index (χ2n) is 5.13. The average molecular weight is 356 g/mol. The van der Waals surface area contributed by atoms with Gasteiger partial charge in [0.05, 0.1) is 12.3 Å². The van der Waals surface area contributed by atoms with Crippen molar-refractivity contribution < 1.29 is 9.53 Å². The summed E-state index contributed by atoms with van der Waals surface area (Å²) >= 11 is 1.32. The van der Waals surface area contributed by atoms with Gasteiger partial charge in [-0.2, -0.15) is 5.10 Å². The molecule has 0 bridgehead atoms. The van der Waals surface area contributed by atoms with E-state index in [0.29, 0.717) is 11.7 Å². The molecule has 0 fully saturated rings. The van der Waals surface area contributed by atoms with Crippen molar-refractivity contribution in [3.63, 3.8) is 0 Å². The molecular weight excluding hydrogens is 340 g/mol. The summed E-state index contributed by atoms with van der Waals surface area (Å²) in [6.45, 7) is 2.55. The number of carbonyl (C=O) groups is 1. The van der Waals surface area contributed by atoms with Gasteiger partial charge in [-0.3, -0.25) is 14.9 Å². The molecule has 1 N–H and O–H groups in total. The quantitative estimate of drug-likeness (QED) is 0.759. The minimum absolute atomic E-state index is 0.153. The van der Waals surface area contributed by atoms with Gasteiger partial charge in [-0.05, 0) is 37.3 Å². The van der Waals surface area contributed by atoms with Crippen molar-refractivity contribution in [2.45, 2.75) is 6.92 Å². The van der Waals surface area contributed by atoms with Gasteiger partial charge in [-0.1, -0.05) is 0 Å². The molecule has 2 heterocycles. The second-order valence-corrected chi connectivity index (χ2v) is 5.99. The molecule has 0 aliphatic rings. The zero-order valence-electron chi connectivity index (χ0n) is 13.7. The molecule has 25 heavy (non-hydrogen) atoms. The molecule has 128 valence electrons. The topological polar surface area (TPSA) is 86.1 Å². The minimum Gasteiger partial charge on any atom is -0.494 e. The second kappa shape index (κ2) is 7.27. The number of benzene rings is 1. The van der Waals surface area contributed by atoms with Crippen LogP contribution in [0.5, 0.6) is 5.75 Å². The Kier molecular flexibility index (Phi) is 4.90. The molecule has 1 aromatic carbocycles. The van der Waals surface area contributed by atoms with Gasteiger partial charge in [0.1, 0.15) is 11.4 Å². The third-order valence-electron chi connectivity index (χ3n) is 3.38. The van der Waals surface area contributed by atoms with Crippen LogP contribution in [0.2, 0.25) is 0 Å². The SMILES string of the molecule is CCOc1ccc(-c2csc(NC(=O)c3ccc(=O)n(C)n3)n2)cc1. The molecule has 0 radical (unpaired) electrons. The highest BCUT2D eigenvalue weighted by molar-refractivity contribution is 7.14. The predicted molar refractivity (Wildman–Crippen MR) is 96.2 cm³/mol. The normalized spacial score (nSPS) is 10.5. The minimum atomic E-state index is -0.414. The molecular formula is C17H16N4O3S. The monoisotopic (exact) mass is 356 g/mol. The van der Waals surface area contributed by atoms with Gasteiger partial charge in [-0.15, -0.1) is 11.3 Å². The molecule has 0 atom stereocenters. The molecule has 0 saturated heterocycles. The van der Waals surface area contributed by atoms with E-state index in [4.69, 9.17) is 4.74 Å². The summed E-state index contributed by atoms with van der Waals surface area (Å²) < 4.78 is 6.53. The summed E-state index contributed by atoms with van der Waals surface area (Å²) in [5.74, 6) is 0.388. The van der Waals surface area contributed by atoms with E-state index in [-0.39, 0.29) is 11.3 Å². The zero-order chi connectivity index (χ0) is 17.8. The Morgan fingerprint density at radius 2 is 2.00 bits per heavy atom. The zero-order valence-corrected chi connectivity index (χ0v) is 14.5. The van der Waals surface area contributed by atoms with Crippen LogP contribution in [0.4, 0.5) is 5.13 Å². The number of hydrogen-bond acceptors (Lipinski definition) is 6. The van der Waals surface area contributed by atoms with Crippen LogP contribution in [0.15, 0.2) is 46.6 Å². The Balaban J connectivity index is 1.73. The van der Waals surface area contributed by atoms with E-state index in [0.717, 1.165) is 21.7 Å². The lowest BCUT2D eigenvalue weighted by molar-refractivity contribution is 0.102. The van der Waals surface area contributed by atoms with E-state index >= 15 is 0 Å². The van der Waals surface area contributed by atoms with Crippen molar-refractivity contribution in [2.75, 3.05) is 11.9 Å². The van der Waals surface area contributed by atoms with Crippen LogP contribution in [-0.4, -0.2) is 27.3 Å². The maximum absolute atomic E-state index is 12.2. The molecule has 0 saturated carbocycles. The number of nitrogens with zero attached hydrogens (tertiary/aromatic N) is 3. The van der Waals surface area contributed by atoms with E-state index in [1.807, 2.05) is 36.6 Å². The number of rotatable bonds is 5. The van der Waals surface area contributed by atoms with Crippen LogP contribution in [0.1, 0.15) is 17.4 Å². The number of amides is 1. The molecule has 3 rings (SSSR count). The number of nitrogens with one attached hydrogen (secondary N) is 1. The Hall–Kier alpha value is -3.00. The first-order valence-electron chi connectivity index (χ1n) is 7.61. The van der Waals surface area contributed by atoms with Crippen molar-refractivity contribution in [1.29, 1.82) is 0 Å². The fraction of sp³-hybridized carbons (Fsp3) is 0.176. The summed E-state index contributed by atoms with van der Waals surface area (Å²) in [5, 5.41) is 8.93. The fourth-order valence-electron chi connectivity index (χ4n) is 2.14. The van der Waals surface area contributed by atoms with Crippen molar-refractivity contribution in [1.82, 2.24) is 14.8 Å². The van der Waals surface area contributed by atoms with Gasteiger partial charge in [0, 0.05) is 24.1 Å². The van der Waals surface area contributed by atoms with Gasteiger partial charge >= 0.3 is 0 Å². The first-order chi connectivity index (χ1) is 12.1. The lowest BCUT2D eigenvalue weighted by Crippen LogP contribution is -2.23.